The molecule has 0 saturated carbocycles. The lowest BCUT2D eigenvalue weighted by Crippen LogP contribution is -2.34. The van der Waals surface area contributed by atoms with Crippen LogP contribution in [0.4, 0.5) is 18.9 Å². The number of nitrogens with one attached hydrogen (secondary N) is 2. The zero-order valence-corrected chi connectivity index (χ0v) is 23.5. The summed E-state index contributed by atoms with van der Waals surface area (Å²) in [5, 5.41) is 10.8. The van der Waals surface area contributed by atoms with Crippen LogP contribution in [0.15, 0.2) is 84.1 Å². The van der Waals surface area contributed by atoms with Crippen LogP contribution in [-0.2, 0) is 16.0 Å². The van der Waals surface area contributed by atoms with E-state index in [2.05, 4.69) is 37.4 Å². The molecule has 0 bridgehead atoms. The van der Waals surface area contributed by atoms with E-state index in [1.807, 2.05) is 55.5 Å². The number of anilines is 1. The number of alkyl halides is 3. The average Bonchev–Trinajstić information content (AvgIpc) is 3.60. The summed E-state index contributed by atoms with van der Waals surface area (Å²) in [6.45, 7) is 4.58. The first-order chi connectivity index (χ1) is 20.7. The van der Waals surface area contributed by atoms with E-state index in [4.69, 9.17) is 4.74 Å². The third-order valence-corrected chi connectivity index (χ3v) is 6.64. The number of amides is 1. The molecule has 3 aromatic carbocycles. The minimum absolute atomic E-state index is 0.0666. The highest BCUT2D eigenvalue weighted by atomic mass is 19.4. The molecule has 224 valence electrons. The number of nitrogens with zero attached hydrogens (tertiary/aromatic N) is 5. The van der Waals surface area contributed by atoms with E-state index in [1.54, 1.807) is 4.90 Å². The molecule has 0 radical (unpaired) electrons. The van der Waals surface area contributed by atoms with Crippen LogP contribution < -0.4 is 20.3 Å². The number of hydrogen-bond donors (Lipinski definition) is 2. The molecule has 1 amide bonds. The number of para-hydroxylation sites is 1. The number of aromatic nitrogens is 3. The highest BCUT2D eigenvalue weighted by Gasteiger charge is 2.31. The lowest BCUT2D eigenvalue weighted by molar-refractivity contribution is -0.274. The summed E-state index contributed by atoms with van der Waals surface area (Å²) in [5.74, 6) is 0.590. The maximum absolute atomic E-state index is 12.4. The molecular formula is C30H30F3N7O3. The predicted octanol–water partition coefficient (Wildman–Crippen LogP) is 4.59. The smallest absolute Gasteiger partial charge is 0.406 e. The van der Waals surface area contributed by atoms with Gasteiger partial charge in [0.05, 0.1) is 24.7 Å². The van der Waals surface area contributed by atoms with Gasteiger partial charge in [0.1, 0.15) is 18.8 Å². The molecule has 1 aliphatic heterocycles. The number of halogens is 3. The van der Waals surface area contributed by atoms with Crippen molar-refractivity contribution in [2.24, 2.45) is 4.99 Å². The van der Waals surface area contributed by atoms with Crippen molar-refractivity contribution in [1.29, 1.82) is 0 Å². The second kappa shape index (κ2) is 13.0. The van der Waals surface area contributed by atoms with E-state index in [0.717, 1.165) is 28.8 Å². The molecule has 0 spiro atoms. The zero-order chi connectivity index (χ0) is 30.4. The quantitative estimate of drug-likeness (QED) is 0.194. The van der Waals surface area contributed by atoms with Crippen molar-refractivity contribution in [2.75, 3.05) is 24.9 Å². The van der Waals surface area contributed by atoms with Crippen molar-refractivity contribution in [3.8, 4) is 22.8 Å². The molecule has 43 heavy (non-hydrogen) atoms. The van der Waals surface area contributed by atoms with Gasteiger partial charge in [-0.25, -0.2) is 19.6 Å². The second-order valence-electron chi connectivity index (χ2n) is 9.89. The molecular weight excluding hydrogens is 563 g/mol. The summed E-state index contributed by atoms with van der Waals surface area (Å²) in [5.41, 5.74) is 4.24. The zero-order valence-electron chi connectivity index (χ0n) is 23.5. The van der Waals surface area contributed by atoms with Crippen LogP contribution >= 0.6 is 0 Å². The monoisotopic (exact) mass is 593 g/mol. The van der Waals surface area contributed by atoms with Gasteiger partial charge in [-0.15, -0.1) is 18.3 Å². The summed E-state index contributed by atoms with van der Waals surface area (Å²) >= 11 is 0. The van der Waals surface area contributed by atoms with Gasteiger partial charge in [-0.05, 0) is 61.7 Å². The van der Waals surface area contributed by atoms with Crippen molar-refractivity contribution in [3.05, 3.63) is 90.3 Å². The Morgan fingerprint density at radius 2 is 1.81 bits per heavy atom. The highest BCUT2D eigenvalue weighted by molar-refractivity contribution is 6.22. The summed E-state index contributed by atoms with van der Waals surface area (Å²) in [4.78, 5) is 22.7. The lowest BCUT2D eigenvalue weighted by Gasteiger charge is -2.18. The van der Waals surface area contributed by atoms with Crippen LogP contribution in [0.3, 0.4) is 0 Å². The second-order valence-corrected chi connectivity index (χ2v) is 9.89. The number of rotatable bonds is 11. The van der Waals surface area contributed by atoms with Crippen LogP contribution in [0.1, 0.15) is 18.1 Å². The fourth-order valence-corrected chi connectivity index (χ4v) is 4.51. The van der Waals surface area contributed by atoms with Gasteiger partial charge in [0.25, 0.3) is 5.91 Å². The molecule has 2 N–H and O–H groups in total. The molecule has 4 aromatic rings. The van der Waals surface area contributed by atoms with E-state index in [9.17, 15) is 18.0 Å². The minimum Gasteiger partial charge on any atom is -0.406 e. The van der Waals surface area contributed by atoms with Crippen LogP contribution in [0, 0.1) is 6.92 Å². The predicted molar refractivity (Wildman–Crippen MR) is 155 cm³/mol. The van der Waals surface area contributed by atoms with Crippen LogP contribution in [0.5, 0.6) is 5.75 Å². The molecule has 10 nitrogen and oxygen atoms in total. The highest BCUT2D eigenvalue weighted by Crippen LogP contribution is 2.24. The maximum atomic E-state index is 12.4. The summed E-state index contributed by atoms with van der Waals surface area (Å²) in [7, 11) is 0. The molecule has 1 atom stereocenters. The van der Waals surface area contributed by atoms with Gasteiger partial charge in [0, 0.05) is 11.6 Å². The molecule has 1 aliphatic rings. The third kappa shape index (κ3) is 7.76. The van der Waals surface area contributed by atoms with Gasteiger partial charge in [0.2, 0.25) is 5.96 Å². The number of carbonyl (C=O) groups excluding carboxylic acids is 1. The van der Waals surface area contributed by atoms with Gasteiger partial charge < -0.3 is 14.8 Å². The molecule has 1 fully saturated rings. The average molecular weight is 594 g/mol. The van der Waals surface area contributed by atoms with E-state index < -0.39 is 6.36 Å². The Morgan fingerprint density at radius 1 is 1.07 bits per heavy atom. The fourth-order valence-electron chi connectivity index (χ4n) is 4.51. The summed E-state index contributed by atoms with van der Waals surface area (Å²) in [6.07, 6.45) is -2.49. The van der Waals surface area contributed by atoms with Crippen molar-refractivity contribution in [1.82, 2.24) is 25.4 Å². The first kappa shape index (κ1) is 29.7. The number of aliphatic imine (C=N–C) groups is 1. The Kier molecular flexibility index (Phi) is 9.02. The van der Waals surface area contributed by atoms with Crippen LogP contribution in [0.2, 0.25) is 0 Å². The molecule has 1 aromatic heterocycles. The molecule has 13 heteroatoms. The summed E-state index contributed by atoms with van der Waals surface area (Å²) < 4.78 is 48.2. The Morgan fingerprint density at radius 3 is 2.53 bits per heavy atom. The van der Waals surface area contributed by atoms with E-state index in [0.29, 0.717) is 24.2 Å². The number of benzene rings is 3. The minimum atomic E-state index is -4.74. The van der Waals surface area contributed by atoms with Crippen molar-refractivity contribution in [2.45, 2.75) is 32.7 Å². The molecule has 1 saturated heterocycles. The molecule has 2 heterocycles. The number of guanidine groups is 1. The SMILES string of the molecule is Cc1ccccc1N1C(=O)CN/C1=N\COCNC(C)Cc1ccc(-c2ncn(-c3ccc(OC(F)(F)F)cc3)n2)cc1. The number of aryl methyl sites for hydroxylation is 1. The Bertz CT molecular complexity index is 1570. The van der Waals surface area contributed by atoms with Gasteiger partial charge in [-0.3, -0.25) is 10.1 Å². The van der Waals surface area contributed by atoms with Gasteiger partial charge in [-0.1, -0.05) is 42.5 Å². The van der Waals surface area contributed by atoms with E-state index in [1.165, 1.54) is 35.3 Å². The number of ether oxygens (including phenoxy) is 2. The lowest BCUT2D eigenvalue weighted by atomic mass is 10.1. The standard InChI is InChI=1S/C30H30F3N7O3/c1-20-5-3-4-6-26(20)40-27(41)16-34-29(40)37-19-42-18-36-21(2)15-22-7-9-23(10-8-22)28-35-17-39(38-28)24-11-13-25(14-12-24)43-30(31,32)33/h3-14,17,21,36H,15-16,18-19H2,1-2H3,(H,34,37). The van der Waals surface area contributed by atoms with E-state index in [-0.39, 0.29) is 31.0 Å². The van der Waals surface area contributed by atoms with Crippen molar-refractivity contribution >= 4 is 17.6 Å². The summed E-state index contributed by atoms with van der Waals surface area (Å²) in [6, 6.07) is 21.0. The molecule has 1 unspecified atom stereocenters. The molecule has 5 rings (SSSR count). The van der Waals surface area contributed by atoms with Crippen molar-refractivity contribution in [3.63, 3.8) is 0 Å². The molecule has 0 aliphatic carbocycles. The van der Waals surface area contributed by atoms with Gasteiger partial charge in [0.15, 0.2) is 5.82 Å². The largest absolute Gasteiger partial charge is 0.573 e. The van der Waals surface area contributed by atoms with Gasteiger partial charge >= 0.3 is 6.36 Å². The number of carbonyl (C=O) groups is 1. The normalized spacial score (nSPS) is 15.1. The van der Waals surface area contributed by atoms with Crippen molar-refractivity contribution < 1.29 is 27.4 Å². The fraction of sp³-hybridized carbons (Fsp3) is 0.267. The first-order valence-electron chi connectivity index (χ1n) is 13.5. The third-order valence-electron chi connectivity index (χ3n) is 6.64. The van der Waals surface area contributed by atoms with Gasteiger partial charge in [-0.2, -0.15) is 0 Å². The van der Waals surface area contributed by atoms with E-state index >= 15 is 0 Å². The number of hydrogen-bond acceptors (Lipinski definition) is 7. The topological polar surface area (TPSA) is 106 Å². The Balaban J connectivity index is 1.08. The maximum Gasteiger partial charge on any atom is 0.573 e. The first-order valence-corrected chi connectivity index (χ1v) is 13.5. The van der Waals surface area contributed by atoms with Crippen LogP contribution in [0.25, 0.3) is 17.1 Å². The Labute approximate surface area is 246 Å². The van der Waals surface area contributed by atoms with Crippen LogP contribution in [-0.4, -0.2) is 59.0 Å². The Hall–Kier alpha value is -4.75.